The summed E-state index contributed by atoms with van der Waals surface area (Å²) in [6.07, 6.45) is 0. The molecule has 4 nitrogen and oxygen atoms in total. The first-order chi connectivity index (χ1) is 9.09. The Morgan fingerprint density at radius 2 is 1.84 bits per heavy atom. The predicted molar refractivity (Wildman–Crippen MR) is 73.8 cm³/mol. The minimum Gasteiger partial charge on any atom is -0.474 e. The summed E-state index contributed by atoms with van der Waals surface area (Å²) in [5, 5.41) is 10.9. The highest BCUT2D eigenvalue weighted by Crippen LogP contribution is 2.30. The SMILES string of the molecule is O=C(O)C(=O)N1Cc2cccc3cccc(c23)C1=S. The predicted octanol–water partition coefficient (Wildman–Crippen LogP) is 1.94. The number of carbonyl (C=O) groups excluding carboxylic acids is 1. The lowest BCUT2D eigenvalue weighted by Crippen LogP contribution is -2.42. The van der Waals surface area contributed by atoms with E-state index in [1.54, 1.807) is 0 Å². The Labute approximate surface area is 114 Å². The summed E-state index contributed by atoms with van der Waals surface area (Å²) in [5.74, 6) is -2.48. The molecule has 0 aliphatic carbocycles. The van der Waals surface area contributed by atoms with Crippen molar-refractivity contribution in [2.45, 2.75) is 6.54 Å². The third-order valence-electron chi connectivity index (χ3n) is 3.22. The van der Waals surface area contributed by atoms with E-state index >= 15 is 0 Å². The van der Waals surface area contributed by atoms with E-state index in [0.29, 0.717) is 0 Å². The molecule has 3 rings (SSSR count). The van der Waals surface area contributed by atoms with Crippen LogP contribution in [-0.2, 0) is 16.1 Å². The van der Waals surface area contributed by atoms with Crippen LogP contribution in [0.2, 0.25) is 0 Å². The van der Waals surface area contributed by atoms with Gasteiger partial charge in [0.15, 0.2) is 0 Å². The molecular formula is C14H9NO3S. The quantitative estimate of drug-likeness (QED) is 0.587. The zero-order valence-electron chi connectivity index (χ0n) is 9.79. The van der Waals surface area contributed by atoms with Crippen molar-refractivity contribution < 1.29 is 14.7 Å². The molecule has 2 aromatic carbocycles. The van der Waals surface area contributed by atoms with Crippen LogP contribution in [0.4, 0.5) is 0 Å². The van der Waals surface area contributed by atoms with Gasteiger partial charge in [0.2, 0.25) is 0 Å². The van der Waals surface area contributed by atoms with E-state index in [1.807, 2.05) is 36.4 Å². The van der Waals surface area contributed by atoms with E-state index in [-0.39, 0.29) is 11.5 Å². The molecule has 1 heterocycles. The molecule has 1 amide bonds. The molecule has 94 valence electrons. The molecule has 0 bridgehead atoms. The summed E-state index contributed by atoms with van der Waals surface area (Å²) in [6, 6.07) is 11.4. The van der Waals surface area contributed by atoms with Gasteiger partial charge in [-0.3, -0.25) is 9.69 Å². The molecule has 19 heavy (non-hydrogen) atoms. The number of aliphatic carboxylic acids is 1. The summed E-state index contributed by atoms with van der Waals surface area (Å²) in [5.41, 5.74) is 1.65. The van der Waals surface area contributed by atoms with Gasteiger partial charge in [-0.05, 0) is 16.3 Å². The maximum Gasteiger partial charge on any atom is 0.395 e. The largest absolute Gasteiger partial charge is 0.474 e. The highest BCUT2D eigenvalue weighted by molar-refractivity contribution is 7.80. The second-order valence-electron chi connectivity index (χ2n) is 4.32. The number of hydrogen-bond acceptors (Lipinski definition) is 3. The van der Waals surface area contributed by atoms with Crippen LogP contribution >= 0.6 is 12.2 Å². The van der Waals surface area contributed by atoms with Gasteiger partial charge in [-0.2, -0.15) is 0 Å². The van der Waals surface area contributed by atoms with Crippen molar-refractivity contribution in [2.75, 3.05) is 0 Å². The summed E-state index contributed by atoms with van der Waals surface area (Å²) < 4.78 is 0. The van der Waals surface area contributed by atoms with Crippen LogP contribution in [0.15, 0.2) is 36.4 Å². The van der Waals surface area contributed by atoms with E-state index in [0.717, 1.165) is 26.8 Å². The van der Waals surface area contributed by atoms with E-state index in [1.165, 1.54) is 0 Å². The van der Waals surface area contributed by atoms with Crippen LogP contribution in [0.3, 0.4) is 0 Å². The Bertz CT molecular complexity index is 733. The summed E-state index contributed by atoms with van der Waals surface area (Å²) in [4.78, 5) is 23.9. The van der Waals surface area contributed by atoms with Crippen molar-refractivity contribution in [1.82, 2.24) is 4.90 Å². The van der Waals surface area contributed by atoms with E-state index < -0.39 is 11.9 Å². The van der Waals surface area contributed by atoms with Crippen molar-refractivity contribution in [1.29, 1.82) is 0 Å². The van der Waals surface area contributed by atoms with Crippen LogP contribution < -0.4 is 0 Å². The molecule has 0 saturated carbocycles. The highest BCUT2D eigenvalue weighted by atomic mass is 32.1. The normalized spacial score (nSPS) is 13.7. The third-order valence-corrected chi connectivity index (χ3v) is 3.66. The van der Waals surface area contributed by atoms with Crippen LogP contribution in [0.1, 0.15) is 11.1 Å². The molecular weight excluding hydrogens is 262 g/mol. The molecule has 1 N–H and O–H groups in total. The molecule has 2 aromatic rings. The minimum absolute atomic E-state index is 0.207. The van der Waals surface area contributed by atoms with Gasteiger partial charge in [0.05, 0.1) is 6.54 Å². The first-order valence-electron chi connectivity index (χ1n) is 5.69. The fraction of sp³-hybridized carbons (Fsp3) is 0.0714. The van der Waals surface area contributed by atoms with Crippen LogP contribution in [-0.4, -0.2) is 26.9 Å². The number of carboxylic acid groups (broad SMARTS) is 1. The van der Waals surface area contributed by atoms with Crippen molar-refractivity contribution in [2.24, 2.45) is 0 Å². The fourth-order valence-corrected chi connectivity index (χ4v) is 2.71. The molecule has 0 saturated heterocycles. The number of carbonyl (C=O) groups is 2. The van der Waals surface area contributed by atoms with Gasteiger partial charge in [-0.25, -0.2) is 4.79 Å². The molecule has 1 aliphatic heterocycles. The molecule has 0 radical (unpaired) electrons. The Balaban J connectivity index is 2.22. The van der Waals surface area contributed by atoms with E-state index in [9.17, 15) is 9.59 Å². The van der Waals surface area contributed by atoms with Crippen LogP contribution in [0.25, 0.3) is 10.8 Å². The van der Waals surface area contributed by atoms with Gasteiger partial charge in [0.1, 0.15) is 4.99 Å². The first-order valence-corrected chi connectivity index (χ1v) is 6.10. The molecule has 0 atom stereocenters. The van der Waals surface area contributed by atoms with E-state index in [2.05, 4.69) is 0 Å². The van der Waals surface area contributed by atoms with Crippen LogP contribution in [0.5, 0.6) is 0 Å². The Kier molecular flexibility index (Phi) is 2.57. The molecule has 5 heteroatoms. The number of benzene rings is 2. The van der Waals surface area contributed by atoms with Gasteiger partial charge >= 0.3 is 11.9 Å². The van der Waals surface area contributed by atoms with Crippen molar-refractivity contribution >= 4 is 39.9 Å². The smallest absolute Gasteiger partial charge is 0.395 e. The highest BCUT2D eigenvalue weighted by Gasteiger charge is 2.30. The molecule has 0 spiro atoms. The summed E-state index contributed by atoms with van der Waals surface area (Å²) >= 11 is 5.25. The maximum atomic E-state index is 11.7. The topological polar surface area (TPSA) is 57.6 Å². The van der Waals surface area contributed by atoms with Crippen molar-refractivity contribution in [3.63, 3.8) is 0 Å². The number of rotatable bonds is 0. The van der Waals surface area contributed by atoms with Crippen molar-refractivity contribution in [3.8, 4) is 0 Å². The summed E-state index contributed by atoms with van der Waals surface area (Å²) in [7, 11) is 0. The zero-order valence-corrected chi connectivity index (χ0v) is 10.6. The lowest BCUT2D eigenvalue weighted by atomic mass is 9.95. The number of amides is 1. The Morgan fingerprint density at radius 1 is 1.16 bits per heavy atom. The maximum absolute atomic E-state index is 11.7. The fourth-order valence-electron chi connectivity index (χ4n) is 2.40. The van der Waals surface area contributed by atoms with Gasteiger partial charge in [0.25, 0.3) is 0 Å². The number of carboxylic acids is 1. The number of nitrogens with zero attached hydrogens (tertiary/aromatic N) is 1. The third kappa shape index (κ3) is 1.70. The molecule has 1 aliphatic rings. The van der Waals surface area contributed by atoms with Gasteiger partial charge in [-0.15, -0.1) is 0 Å². The average molecular weight is 271 g/mol. The Morgan fingerprint density at radius 3 is 2.53 bits per heavy atom. The Hall–Kier alpha value is -2.27. The zero-order chi connectivity index (χ0) is 13.6. The van der Waals surface area contributed by atoms with E-state index in [4.69, 9.17) is 17.3 Å². The minimum atomic E-state index is -1.49. The molecule has 0 unspecified atom stereocenters. The standard InChI is InChI=1S/C14H9NO3S/c16-12(14(17)18)15-7-9-5-1-3-8-4-2-6-10(11(8)9)13(15)19/h1-6H,7H2,(H,17,18). The second kappa shape index (κ2) is 4.13. The second-order valence-corrected chi connectivity index (χ2v) is 4.71. The number of hydrogen-bond donors (Lipinski definition) is 1. The van der Waals surface area contributed by atoms with Gasteiger partial charge < -0.3 is 5.11 Å². The lowest BCUT2D eigenvalue weighted by molar-refractivity contribution is -0.153. The summed E-state index contributed by atoms with van der Waals surface area (Å²) in [6.45, 7) is 0.207. The van der Waals surface area contributed by atoms with Crippen molar-refractivity contribution in [3.05, 3.63) is 47.5 Å². The molecule has 0 aromatic heterocycles. The monoisotopic (exact) mass is 271 g/mol. The molecule has 0 fully saturated rings. The average Bonchev–Trinajstić information content (AvgIpc) is 2.42. The van der Waals surface area contributed by atoms with Gasteiger partial charge in [0, 0.05) is 5.56 Å². The number of thiocarbonyl (C=S) groups is 1. The lowest BCUT2D eigenvalue weighted by Gasteiger charge is -2.28. The van der Waals surface area contributed by atoms with Crippen LogP contribution in [0, 0.1) is 0 Å². The van der Waals surface area contributed by atoms with Gasteiger partial charge in [-0.1, -0.05) is 48.6 Å². The first kappa shape index (κ1) is 11.8.